The zero-order chi connectivity index (χ0) is 15.1. The van der Waals surface area contributed by atoms with E-state index in [0.29, 0.717) is 17.8 Å². The summed E-state index contributed by atoms with van der Waals surface area (Å²) in [5, 5.41) is 11.4. The first-order valence-corrected chi connectivity index (χ1v) is 6.49. The van der Waals surface area contributed by atoms with Crippen LogP contribution in [-0.4, -0.2) is 27.6 Å². The van der Waals surface area contributed by atoms with Crippen molar-refractivity contribution in [3.63, 3.8) is 0 Å². The van der Waals surface area contributed by atoms with Crippen LogP contribution in [0.3, 0.4) is 0 Å². The van der Waals surface area contributed by atoms with E-state index < -0.39 is 0 Å². The Hall–Kier alpha value is -2.71. The van der Waals surface area contributed by atoms with Crippen molar-refractivity contribution in [3.8, 4) is 11.8 Å². The first kappa shape index (κ1) is 14.7. The third-order valence-corrected chi connectivity index (χ3v) is 2.64. The largest absolute Gasteiger partial charge is 0.395 e. The molecule has 0 atom stereocenters. The fourth-order valence-electron chi connectivity index (χ4n) is 1.62. The summed E-state index contributed by atoms with van der Waals surface area (Å²) in [7, 11) is 0. The molecule has 2 heterocycles. The minimum absolute atomic E-state index is 0.0118. The highest BCUT2D eigenvalue weighted by molar-refractivity contribution is 6.03. The van der Waals surface area contributed by atoms with Crippen molar-refractivity contribution in [3.05, 3.63) is 53.5 Å². The van der Waals surface area contributed by atoms with E-state index in [9.17, 15) is 4.79 Å². The Bertz CT molecular complexity index is 685. The second-order valence-corrected chi connectivity index (χ2v) is 4.35. The Labute approximate surface area is 123 Å². The average molecular weight is 281 g/mol. The van der Waals surface area contributed by atoms with E-state index in [1.807, 2.05) is 13.0 Å². The van der Waals surface area contributed by atoms with Gasteiger partial charge in [0.15, 0.2) is 0 Å². The van der Waals surface area contributed by atoms with Crippen LogP contribution < -0.4 is 5.32 Å². The minimum atomic E-state index is -0.361. The highest BCUT2D eigenvalue weighted by Gasteiger charge is 2.12. The zero-order valence-electron chi connectivity index (χ0n) is 11.6. The van der Waals surface area contributed by atoms with E-state index in [0.717, 1.165) is 5.56 Å². The number of carbonyl (C=O) groups excluding carboxylic acids is 1. The third-order valence-electron chi connectivity index (χ3n) is 2.64. The molecule has 0 fully saturated rings. The van der Waals surface area contributed by atoms with Crippen molar-refractivity contribution in [1.29, 1.82) is 0 Å². The lowest BCUT2D eigenvalue weighted by molar-refractivity contribution is 0.102. The van der Waals surface area contributed by atoms with Gasteiger partial charge in [-0.15, -0.1) is 0 Å². The number of rotatable bonds is 3. The molecule has 2 rings (SSSR count). The molecule has 5 heteroatoms. The Kier molecular flexibility index (Phi) is 5.02. The Morgan fingerprint density at radius 1 is 1.33 bits per heavy atom. The molecule has 0 radical (unpaired) electrons. The van der Waals surface area contributed by atoms with Crippen LogP contribution in [0.2, 0.25) is 0 Å². The van der Waals surface area contributed by atoms with E-state index in [1.54, 1.807) is 24.4 Å². The van der Waals surface area contributed by atoms with Crippen LogP contribution >= 0.6 is 0 Å². The number of aryl methyl sites for hydroxylation is 1. The summed E-state index contributed by atoms with van der Waals surface area (Å²) in [6, 6.07) is 7.02. The van der Waals surface area contributed by atoms with Crippen LogP contribution in [0.1, 0.15) is 28.0 Å². The SMILES string of the molecule is Cc1ccc(NC(=O)c2ncccc2C#CCCO)nc1. The Balaban J connectivity index is 2.19. The van der Waals surface area contributed by atoms with E-state index in [2.05, 4.69) is 27.1 Å². The van der Waals surface area contributed by atoms with Crippen LogP contribution in [0, 0.1) is 18.8 Å². The van der Waals surface area contributed by atoms with Gasteiger partial charge in [0.1, 0.15) is 11.5 Å². The Morgan fingerprint density at radius 2 is 2.19 bits per heavy atom. The summed E-state index contributed by atoms with van der Waals surface area (Å²) in [4.78, 5) is 20.4. The molecule has 0 bridgehead atoms. The Morgan fingerprint density at radius 3 is 2.90 bits per heavy atom. The van der Waals surface area contributed by atoms with Gasteiger partial charge in [-0.1, -0.05) is 17.9 Å². The summed E-state index contributed by atoms with van der Waals surface area (Å²) in [6.07, 6.45) is 3.57. The number of amides is 1. The lowest BCUT2D eigenvalue weighted by Gasteiger charge is -2.05. The van der Waals surface area contributed by atoms with Crippen molar-refractivity contribution >= 4 is 11.7 Å². The lowest BCUT2D eigenvalue weighted by Crippen LogP contribution is -2.16. The lowest BCUT2D eigenvalue weighted by atomic mass is 10.2. The summed E-state index contributed by atoms with van der Waals surface area (Å²) in [6.45, 7) is 1.91. The van der Waals surface area contributed by atoms with E-state index in [-0.39, 0.29) is 18.2 Å². The van der Waals surface area contributed by atoms with Crippen molar-refractivity contribution in [1.82, 2.24) is 9.97 Å². The van der Waals surface area contributed by atoms with Gasteiger partial charge >= 0.3 is 0 Å². The highest BCUT2D eigenvalue weighted by atomic mass is 16.2. The van der Waals surface area contributed by atoms with Crippen molar-refractivity contribution in [2.45, 2.75) is 13.3 Å². The van der Waals surface area contributed by atoms with Gasteiger partial charge in [0.2, 0.25) is 0 Å². The standard InChI is InChI=1S/C16H15N3O2/c1-12-7-8-14(18-11-12)19-16(21)15-13(5-2-3-10-20)6-4-9-17-15/h4,6-9,11,20H,3,10H2,1H3,(H,18,19,21). The molecule has 0 saturated heterocycles. The molecule has 0 aliphatic heterocycles. The first-order chi connectivity index (χ1) is 10.2. The molecule has 106 valence electrons. The predicted octanol–water partition coefficient (Wildman–Crippen LogP) is 1.77. The predicted molar refractivity (Wildman–Crippen MR) is 79.7 cm³/mol. The molecule has 2 N–H and O–H groups in total. The van der Waals surface area contributed by atoms with Gasteiger partial charge in [-0.25, -0.2) is 9.97 Å². The van der Waals surface area contributed by atoms with Gasteiger partial charge in [-0.05, 0) is 30.7 Å². The molecule has 0 aliphatic carbocycles. The second kappa shape index (κ2) is 7.17. The van der Waals surface area contributed by atoms with Crippen LogP contribution in [0.25, 0.3) is 0 Å². The molecule has 0 spiro atoms. The zero-order valence-corrected chi connectivity index (χ0v) is 11.6. The van der Waals surface area contributed by atoms with Gasteiger partial charge in [0.05, 0.1) is 12.2 Å². The molecule has 2 aromatic rings. The maximum atomic E-state index is 12.2. The molecule has 5 nitrogen and oxygen atoms in total. The molecule has 0 aliphatic rings. The van der Waals surface area contributed by atoms with Crippen molar-refractivity contribution in [2.75, 3.05) is 11.9 Å². The molecule has 0 aromatic carbocycles. The van der Waals surface area contributed by atoms with E-state index in [1.165, 1.54) is 6.20 Å². The van der Waals surface area contributed by atoms with Crippen LogP contribution in [0.4, 0.5) is 5.82 Å². The topological polar surface area (TPSA) is 75.1 Å². The molecule has 21 heavy (non-hydrogen) atoms. The van der Waals surface area contributed by atoms with Crippen molar-refractivity contribution in [2.24, 2.45) is 0 Å². The van der Waals surface area contributed by atoms with Gasteiger partial charge < -0.3 is 10.4 Å². The number of anilines is 1. The van der Waals surface area contributed by atoms with Crippen LogP contribution in [-0.2, 0) is 0 Å². The normalized spacial score (nSPS) is 9.62. The number of aliphatic hydroxyl groups excluding tert-OH is 1. The van der Waals surface area contributed by atoms with Crippen molar-refractivity contribution < 1.29 is 9.90 Å². The minimum Gasteiger partial charge on any atom is -0.395 e. The smallest absolute Gasteiger partial charge is 0.276 e. The fraction of sp³-hybridized carbons (Fsp3) is 0.188. The summed E-state index contributed by atoms with van der Waals surface area (Å²) in [5.74, 6) is 5.72. The van der Waals surface area contributed by atoms with Gasteiger partial charge in [0.25, 0.3) is 5.91 Å². The monoisotopic (exact) mass is 281 g/mol. The third kappa shape index (κ3) is 4.13. The number of nitrogens with zero attached hydrogens (tertiary/aromatic N) is 2. The van der Waals surface area contributed by atoms with Gasteiger partial charge in [-0.2, -0.15) is 0 Å². The molecule has 1 amide bonds. The quantitative estimate of drug-likeness (QED) is 0.841. The highest BCUT2D eigenvalue weighted by Crippen LogP contribution is 2.09. The van der Waals surface area contributed by atoms with Gasteiger partial charge in [-0.3, -0.25) is 4.79 Å². The number of aromatic nitrogens is 2. The number of aliphatic hydroxyl groups is 1. The number of nitrogens with one attached hydrogen (secondary N) is 1. The summed E-state index contributed by atoms with van der Waals surface area (Å²) >= 11 is 0. The van der Waals surface area contributed by atoms with Crippen LogP contribution in [0.5, 0.6) is 0 Å². The fourth-order valence-corrected chi connectivity index (χ4v) is 1.62. The maximum absolute atomic E-state index is 12.2. The number of hydrogen-bond acceptors (Lipinski definition) is 4. The van der Waals surface area contributed by atoms with Gasteiger partial charge in [0, 0.05) is 18.8 Å². The van der Waals surface area contributed by atoms with E-state index in [4.69, 9.17) is 5.11 Å². The molecule has 2 aromatic heterocycles. The molecular formula is C16H15N3O2. The molecular weight excluding hydrogens is 266 g/mol. The maximum Gasteiger partial charge on any atom is 0.276 e. The molecule has 0 saturated carbocycles. The summed E-state index contributed by atoms with van der Waals surface area (Å²) in [5.41, 5.74) is 1.78. The summed E-state index contributed by atoms with van der Waals surface area (Å²) < 4.78 is 0. The molecule has 0 unspecified atom stereocenters. The first-order valence-electron chi connectivity index (χ1n) is 6.49. The second-order valence-electron chi connectivity index (χ2n) is 4.35. The van der Waals surface area contributed by atoms with E-state index >= 15 is 0 Å². The number of pyridine rings is 2. The number of hydrogen-bond donors (Lipinski definition) is 2. The number of carbonyl (C=O) groups is 1. The average Bonchev–Trinajstić information content (AvgIpc) is 2.50. The van der Waals surface area contributed by atoms with Crippen LogP contribution in [0.15, 0.2) is 36.7 Å².